The molecule has 5 nitrogen and oxygen atoms in total. The van der Waals surface area contributed by atoms with Gasteiger partial charge in [0.2, 0.25) is 0 Å². The standard InChI is InChI=1S/C21H29N3O2/c1-22-10-4-12-25-16-6-8-18-19-9-7-17(26-13-5-11-23-2)15-21(19)24(3)20(18)14-16/h6-9,14-15,22-23H,4-5,10-13H2,1-3H3. The minimum absolute atomic E-state index is 0.723. The second-order valence-electron chi connectivity index (χ2n) is 6.53. The van der Waals surface area contributed by atoms with Gasteiger partial charge in [0.05, 0.1) is 24.2 Å². The number of nitrogens with one attached hydrogen (secondary N) is 2. The fourth-order valence-electron chi connectivity index (χ4n) is 3.22. The molecule has 5 heteroatoms. The molecule has 0 amide bonds. The van der Waals surface area contributed by atoms with E-state index in [0.29, 0.717) is 0 Å². The van der Waals surface area contributed by atoms with E-state index < -0.39 is 0 Å². The smallest absolute Gasteiger partial charge is 0.121 e. The van der Waals surface area contributed by atoms with Crippen LogP contribution < -0.4 is 20.1 Å². The molecule has 0 aliphatic carbocycles. The molecule has 0 fully saturated rings. The van der Waals surface area contributed by atoms with E-state index in [0.717, 1.165) is 50.6 Å². The molecule has 3 aromatic rings. The van der Waals surface area contributed by atoms with Gasteiger partial charge in [-0.05, 0) is 64.3 Å². The van der Waals surface area contributed by atoms with Crippen molar-refractivity contribution < 1.29 is 9.47 Å². The zero-order valence-corrected chi connectivity index (χ0v) is 16.0. The van der Waals surface area contributed by atoms with Crippen molar-refractivity contribution >= 4 is 21.8 Å². The predicted molar refractivity (Wildman–Crippen MR) is 109 cm³/mol. The minimum Gasteiger partial charge on any atom is -0.493 e. The SMILES string of the molecule is CNCCCOc1ccc2c3ccc(OCCCNC)cc3n(C)c2c1. The van der Waals surface area contributed by atoms with Gasteiger partial charge in [-0.15, -0.1) is 0 Å². The molecule has 0 saturated carbocycles. The maximum atomic E-state index is 5.88. The number of nitrogens with zero attached hydrogens (tertiary/aromatic N) is 1. The molecule has 0 atom stereocenters. The van der Waals surface area contributed by atoms with Crippen molar-refractivity contribution in [3.8, 4) is 11.5 Å². The van der Waals surface area contributed by atoms with Crippen LogP contribution in [0, 0.1) is 0 Å². The van der Waals surface area contributed by atoms with Crippen molar-refractivity contribution in [3.63, 3.8) is 0 Å². The average Bonchev–Trinajstić information content (AvgIpc) is 2.94. The summed E-state index contributed by atoms with van der Waals surface area (Å²) in [6, 6.07) is 12.7. The Kier molecular flexibility index (Phi) is 6.36. The van der Waals surface area contributed by atoms with Gasteiger partial charge >= 0.3 is 0 Å². The zero-order chi connectivity index (χ0) is 18.4. The lowest BCUT2D eigenvalue weighted by atomic mass is 10.1. The van der Waals surface area contributed by atoms with Gasteiger partial charge in [-0.3, -0.25) is 0 Å². The van der Waals surface area contributed by atoms with E-state index in [-0.39, 0.29) is 0 Å². The summed E-state index contributed by atoms with van der Waals surface area (Å²) in [6.07, 6.45) is 2.00. The molecule has 0 spiro atoms. The molecule has 3 rings (SSSR count). The van der Waals surface area contributed by atoms with Gasteiger partial charge in [-0.2, -0.15) is 0 Å². The predicted octanol–water partition coefficient (Wildman–Crippen LogP) is 3.31. The lowest BCUT2D eigenvalue weighted by Crippen LogP contribution is -2.11. The lowest BCUT2D eigenvalue weighted by molar-refractivity contribution is 0.310. The monoisotopic (exact) mass is 355 g/mol. The largest absolute Gasteiger partial charge is 0.493 e. The maximum absolute atomic E-state index is 5.88. The third-order valence-corrected chi connectivity index (χ3v) is 4.63. The Balaban J connectivity index is 1.81. The summed E-state index contributed by atoms with van der Waals surface area (Å²) in [5, 5.41) is 8.76. The Bertz CT molecular complexity index is 788. The van der Waals surface area contributed by atoms with Crippen LogP contribution in [0.3, 0.4) is 0 Å². The van der Waals surface area contributed by atoms with Crippen LogP contribution in [0.2, 0.25) is 0 Å². The first kappa shape index (κ1) is 18.5. The molecule has 0 saturated heterocycles. The van der Waals surface area contributed by atoms with Gasteiger partial charge in [0, 0.05) is 30.0 Å². The first-order valence-electron chi connectivity index (χ1n) is 9.31. The topological polar surface area (TPSA) is 47.4 Å². The van der Waals surface area contributed by atoms with Crippen molar-refractivity contribution in [2.45, 2.75) is 12.8 Å². The van der Waals surface area contributed by atoms with E-state index in [1.54, 1.807) is 0 Å². The molecule has 0 radical (unpaired) electrons. The van der Waals surface area contributed by atoms with Crippen molar-refractivity contribution in [1.82, 2.24) is 15.2 Å². The van der Waals surface area contributed by atoms with Gasteiger partial charge in [0.1, 0.15) is 11.5 Å². The quantitative estimate of drug-likeness (QED) is 0.548. The molecule has 1 aromatic heterocycles. The Morgan fingerprint density at radius 1 is 0.769 bits per heavy atom. The highest BCUT2D eigenvalue weighted by Gasteiger charge is 2.10. The van der Waals surface area contributed by atoms with Crippen LogP contribution in [-0.4, -0.2) is 45.0 Å². The highest BCUT2D eigenvalue weighted by molar-refractivity contribution is 6.08. The molecule has 26 heavy (non-hydrogen) atoms. The summed E-state index contributed by atoms with van der Waals surface area (Å²) in [7, 11) is 6.01. The second-order valence-corrected chi connectivity index (χ2v) is 6.53. The van der Waals surface area contributed by atoms with Gasteiger partial charge in [-0.1, -0.05) is 0 Å². The normalized spacial score (nSPS) is 11.3. The van der Waals surface area contributed by atoms with Gasteiger partial charge in [0.15, 0.2) is 0 Å². The highest BCUT2D eigenvalue weighted by atomic mass is 16.5. The highest BCUT2D eigenvalue weighted by Crippen LogP contribution is 2.32. The van der Waals surface area contributed by atoms with Crippen LogP contribution in [0.15, 0.2) is 36.4 Å². The summed E-state index contributed by atoms with van der Waals surface area (Å²) in [6.45, 7) is 3.38. The number of benzene rings is 2. The van der Waals surface area contributed by atoms with Gasteiger partial charge < -0.3 is 24.7 Å². The molecule has 140 valence electrons. The Labute approximate surface area is 155 Å². The van der Waals surface area contributed by atoms with E-state index >= 15 is 0 Å². The Morgan fingerprint density at radius 3 is 1.65 bits per heavy atom. The average molecular weight is 355 g/mol. The van der Waals surface area contributed by atoms with Crippen LogP contribution in [-0.2, 0) is 7.05 Å². The van der Waals surface area contributed by atoms with Crippen LogP contribution in [0.25, 0.3) is 21.8 Å². The number of aromatic nitrogens is 1. The zero-order valence-electron chi connectivity index (χ0n) is 16.0. The van der Waals surface area contributed by atoms with E-state index in [1.165, 1.54) is 21.8 Å². The number of rotatable bonds is 10. The molecule has 2 N–H and O–H groups in total. The first-order chi connectivity index (χ1) is 12.7. The summed E-state index contributed by atoms with van der Waals surface area (Å²) >= 11 is 0. The van der Waals surface area contributed by atoms with Crippen molar-refractivity contribution in [1.29, 1.82) is 0 Å². The van der Waals surface area contributed by atoms with Crippen molar-refractivity contribution in [3.05, 3.63) is 36.4 Å². The van der Waals surface area contributed by atoms with E-state index in [1.807, 2.05) is 14.1 Å². The van der Waals surface area contributed by atoms with Gasteiger partial charge in [-0.25, -0.2) is 0 Å². The van der Waals surface area contributed by atoms with E-state index in [9.17, 15) is 0 Å². The first-order valence-corrected chi connectivity index (χ1v) is 9.31. The molecular weight excluding hydrogens is 326 g/mol. The number of fused-ring (bicyclic) bond motifs is 3. The summed E-state index contributed by atoms with van der Waals surface area (Å²) in [4.78, 5) is 0. The van der Waals surface area contributed by atoms with Crippen LogP contribution in [0.5, 0.6) is 11.5 Å². The Hall–Kier alpha value is -2.24. The number of aryl methyl sites for hydroxylation is 1. The Morgan fingerprint density at radius 2 is 1.23 bits per heavy atom. The number of hydrogen-bond acceptors (Lipinski definition) is 4. The fourth-order valence-corrected chi connectivity index (χ4v) is 3.22. The summed E-state index contributed by atoms with van der Waals surface area (Å²) in [5.41, 5.74) is 2.36. The third-order valence-electron chi connectivity index (χ3n) is 4.63. The van der Waals surface area contributed by atoms with E-state index in [4.69, 9.17) is 9.47 Å². The van der Waals surface area contributed by atoms with Crippen LogP contribution >= 0.6 is 0 Å². The molecular formula is C21H29N3O2. The van der Waals surface area contributed by atoms with Crippen molar-refractivity contribution in [2.24, 2.45) is 7.05 Å². The summed E-state index contributed by atoms with van der Waals surface area (Å²) in [5.74, 6) is 1.84. The second kappa shape index (κ2) is 8.92. The molecule has 1 heterocycles. The molecule has 0 unspecified atom stereocenters. The van der Waals surface area contributed by atoms with Crippen molar-refractivity contribution in [2.75, 3.05) is 40.4 Å². The number of ether oxygens (including phenoxy) is 2. The van der Waals surface area contributed by atoms with Gasteiger partial charge in [0.25, 0.3) is 0 Å². The maximum Gasteiger partial charge on any atom is 0.121 e. The third kappa shape index (κ3) is 4.11. The summed E-state index contributed by atoms with van der Waals surface area (Å²) < 4.78 is 14.0. The molecule has 0 aliphatic rings. The molecule has 2 aromatic carbocycles. The lowest BCUT2D eigenvalue weighted by Gasteiger charge is -2.07. The van der Waals surface area contributed by atoms with Crippen LogP contribution in [0.4, 0.5) is 0 Å². The van der Waals surface area contributed by atoms with E-state index in [2.05, 4.69) is 58.6 Å². The fraction of sp³-hybridized carbons (Fsp3) is 0.429. The minimum atomic E-state index is 0.723. The number of hydrogen-bond donors (Lipinski definition) is 2. The molecule has 0 bridgehead atoms. The molecule has 0 aliphatic heterocycles. The van der Waals surface area contributed by atoms with Crippen LogP contribution in [0.1, 0.15) is 12.8 Å².